The average Bonchev–Trinajstić information content (AvgIpc) is 2.55. The lowest BCUT2D eigenvalue weighted by atomic mass is 9.99. The highest BCUT2D eigenvalue weighted by atomic mass is 16.5. The van der Waals surface area contributed by atoms with Crippen molar-refractivity contribution in [1.82, 2.24) is 9.97 Å². The molecule has 98 valence electrons. The Bertz CT molecular complexity index is 639. The Morgan fingerprint density at radius 2 is 1.30 bits per heavy atom. The van der Waals surface area contributed by atoms with E-state index in [9.17, 15) is 0 Å². The number of hydrogen-bond acceptors (Lipinski definition) is 3. The van der Waals surface area contributed by atoms with Gasteiger partial charge >= 0.3 is 0 Å². The van der Waals surface area contributed by atoms with Gasteiger partial charge in [0.05, 0.1) is 7.11 Å². The van der Waals surface area contributed by atoms with Crippen molar-refractivity contribution in [2.24, 2.45) is 0 Å². The van der Waals surface area contributed by atoms with Crippen LogP contribution < -0.4 is 4.74 Å². The molecule has 0 amide bonds. The minimum absolute atomic E-state index is 0.841. The molecule has 0 atom stereocenters. The first-order valence-corrected chi connectivity index (χ1v) is 6.38. The van der Waals surface area contributed by atoms with Gasteiger partial charge in [0, 0.05) is 47.0 Å². The normalized spacial score (nSPS) is 10.2. The molecule has 0 aliphatic carbocycles. The number of nitrogens with zero attached hydrogens (tertiary/aromatic N) is 2. The molecule has 0 aliphatic rings. The van der Waals surface area contributed by atoms with Crippen LogP contribution in [-0.2, 0) is 0 Å². The van der Waals surface area contributed by atoms with Gasteiger partial charge in [0.15, 0.2) is 0 Å². The quantitative estimate of drug-likeness (QED) is 0.719. The largest absolute Gasteiger partial charge is 0.495 e. The lowest BCUT2D eigenvalue weighted by Crippen LogP contribution is -1.92. The molecule has 3 nitrogen and oxygen atoms in total. The van der Waals surface area contributed by atoms with Gasteiger partial charge in [-0.05, 0) is 12.1 Å². The smallest absolute Gasteiger partial charge is 0.134 e. The predicted octanol–water partition coefficient (Wildman–Crippen LogP) is 3.82. The number of pyridine rings is 2. The van der Waals surface area contributed by atoms with Gasteiger partial charge in [0.2, 0.25) is 0 Å². The summed E-state index contributed by atoms with van der Waals surface area (Å²) < 4.78 is 5.63. The van der Waals surface area contributed by atoms with Crippen molar-refractivity contribution >= 4 is 0 Å². The van der Waals surface area contributed by atoms with Gasteiger partial charge in [-0.15, -0.1) is 0 Å². The van der Waals surface area contributed by atoms with E-state index in [1.165, 1.54) is 0 Å². The molecule has 3 aromatic rings. The fourth-order valence-corrected chi connectivity index (χ4v) is 2.26. The zero-order valence-electron chi connectivity index (χ0n) is 11.2. The van der Waals surface area contributed by atoms with Crippen molar-refractivity contribution in [2.75, 3.05) is 7.11 Å². The monoisotopic (exact) mass is 262 g/mol. The number of benzene rings is 1. The fraction of sp³-hybridized carbons (Fsp3) is 0.0588. The zero-order chi connectivity index (χ0) is 13.8. The molecule has 0 saturated carbocycles. The van der Waals surface area contributed by atoms with E-state index < -0.39 is 0 Å². The Balaban J connectivity index is 2.19. The molecule has 2 heterocycles. The van der Waals surface area contributed by atoms with Crippen LogP contribution in [0.3, 0.4) is 0 Å². The van der Waals surface area contributed by atoms with Crippen LogP contribution in [0.2, 0.25) is 0 Å². The van der Waals surface area contributed by atoms with E-state index in [0.29, 0.717) is 0 Å². The van der Waals surface area contributed by atoms with E-state index in [2.05, 4.69) is 9.97 Å². The average molecular weight is 262 g/mol. The molecule has 0 aliphatic heterocycles. The van der Waals surface area contributed by atoms with Gasteiger partial charge in [-0.25, -0.2) is 0 Å². The summed E-state index contributed by atoms with van der Waals surface area (Å²) in [5.74, 6) is 0.841. The predicted molar refractivity (Wildman–Crippen MR) is 79.5 cm³/mol. The number of rotatable bonds is 3. The maximum absolute atomic E-state index is 5.63. The molecule has 0 N–H and O–H groups in total. The van der Waals surface area contributed by atoms with Gasteiger partial charge in [-0.3, -0.25) is 9.97 Å². The van der Waals surface area contributed by atoms with E-state index in [0.717, 1.165) is 28.0 Å². The van der Waals surface area contributed by atoms with Gasteiger partial charge in [0.1, 0.15) is 5.75 Å². The summed E-state index contributed by atoms with van der Waals surface area (Å²) in [4.78, 5) is 8.34. The molecule has 20 heavy (non-hydrogen) atoms. The van der Waals surface area contributed by atoms with E-state index in [1.54, 1.807) is 19.5 Å². The highest BCUT2D eigenvalue weighted by Gasteiger charge is 2.12. The summed E-state index contributed by atoms with van der Waals surface area (Å²) in [5, 5.41) is 0. The number of aromatic nitrogens is 2. The second kappa shape index (κ2) is 5.53. The fourth-order valence-electron chi connectivity index (χ4n) is 2.26. The lowest BCUT2D eigenvalue weighted by molar-refractivity contribution is 0.418. The molecule has 0 unspecified atom stereocenters. The number of methoxy groups -OCH3 is 1. The SMILES string of the molecule is COc1c(-c2cccnc2)cccc1-c1cccnc1. The van der Waals surface area contributed by atoms with E-state index in [4.69, 9.17) is 4.74 Å². The standard InChI is InChI=1S/C17H14N2O/c1-20-17-15(13-5-3-9-18-11-13)7-2-8-16(17)14-6-4-10-19-12-14/h2-12H,1H3. The van der Waals surface area contributed by atoms with E-state index >= 15 is 0 Å². The molecule has 1 aromatic carbocycles. The van der Waals surface area contributed by atoms with Crippen LogP contribution in [0.15, 0.2) is 67.3 Å². The summed E-state index contributed by atoms with van der Waals surface area (Å²) in [6.45, 7) is 0. The highest BCUT2D eigenvalue weighted by Crippen LogP contribution is 2.38. The maximum Gasteiger partial charge on any atom is 0.134 e. The van der Waals surface area contributed by atoms with Crippen LogP contribution in [0, 0.1) is 0 Å². The topological polar surface area (TPSA) is 35.0 Å². The molecule has 0 bridgehead atoms. The minimum atomic E-state index is 0.841. The Kier molecular flexibility index (Phi) is 3.42. The second-order valence-corrected chi connectivity index (χ2v) is 4.37. The first-order chi connectivity index (χ1) is 9.90. The number of ether oxygens (including phenoxy) is 1. The van der Waals surface area contributed by atoms with Gasteiger partial charge in [-0.1, -0.05) is 30.3 Å². The van der Waals surface area contributed by atoms with Gasteiger partial charge in [0.25, 0.3) is 0 Å². The number of para-hydroxylation sites is 1. The van der Waals surface area contributed by atoms with Crippen molar-refractivity contribution in [2.45, 2.75) is 0 Å². The summed E-state index contributed by atoms with van der Waals surface area (Å²) in [6, 6.07) is 14.0. The Morgan fingerprint density at radius 1 is 0.750 bits per heavy atom. The van der Waals surface area contributed by atoms with Crippen molar-refractivity contribution in [3.05, 3.63) is 67.3 Å². The van der Waals surface area contributed by atoms with Crippen LogP contribution in [0.1, 0.15) is 0 Å². The van der Waals surface area contributed by atoms with Crippen LogP contribution in [0.5, 0.6) is 5.75 Å². The van der Waals surface area contributed by atoms with Crippen LogP contribution in [0.4, 0.5) is 0 Å². The molecule has 0 saturated heterocycles. The van der Waals surface area contributed by atoms with E-state index in [1.807, 2.05) is 54.9 Å². The molecule has 2 aromatic heterocycles. The summed E-state index contributed by atoms with van der Waals surface area (Å²) in [5.41, 5.74) is 4.13. The van der Waals surface area contributed by atoms with Crippen molar-refractivity contribution in [3.8, 4) is 28.0 Å². The maximum atomic E-state index is 5.63. The summed E-state index contributed by atoms with van der Waals surface area (Å²) in [7, 11) is 1.69. The first-order valence-electron chi connectivity index (χ1n) is 6.38. The minimum Gasteiger partial charge on any atom is -0.495 e. The summed E-state index contributed by atoms with van der Waals surface area (Å²) >= 11 is 0. The Hall–Kier alpha value is -2.68. The van der Waals surface area contributed by atoms with Gasteiger partial charge in [-0.2, -0.15) is 0 Å². The molecule has 0 fully saturated rings. The van der Waals surface area contributed by atoms with Crippen LogP contribution in [0.25, 0.3) is 22.3 Å². The van der Waals surface area contributed by atoms with E-state index in [-0.39, 0.29) is 0 Å². The van der Waals surface area contributed by atoms with Crippen molar-refractivity contribution < 1.29 is 4.74 Å². The third-order valence-corrected chi connectivity index (χ3v) is 3.16. The Labute approximate surface area is 117 Å². The molecule has 3 heteroatoms. The second-order valence-electron chi connectivity index (χ2n) is 4.37. The molecular formula is C17H14N2O. The van der Waals surface area contributed by atoms with Crippen molar-refractivity contribution in [3.63, 3.8) is 0 Å². The number of hydrogen-bond donors (Lipinski definition) is 0. The van der Waals surface area contributed by atoms with Gasteiger partial charge < -0.3 is 4.74 Å². The van der Waals surface area contributed by atoms with Crippen LogP contribution in [-0.4, -0.2) is 17.1 Å². The first kappa shape index (κ1) is 12.4. The Morgan fingerprint density at radius 3 is 1.70 bits per heavy atom. The molecule has 0 radical (unpaired) electrons. The summed E-state index contributed by atoms with van der Waals surface area (Å²) in [6.07, 6.45) is 7.21. The van der Waals surface area contributed by atoms with Crippen LogP contribution >= 0.6 is 0 Å². The van der Waals surface area contributed by atoms with Crippen molar-refractivity contribution in [1.29, 1.82) is 0 Å². The highest BCUT2D eigenvalue weighted by molar-refractivity contribution is 5.81. The molecular weight excluding hydrogens is 248 g/mol. The third-order valence-electron chi connectivity index (χ3n) is 3.16. The molecule has 0 spiro atoms. The molecule has 3 rings (SSSR count). The third kappa shape index (κ3) is 2.26. The zero-order valence-corrected chi connectivity index (χ0v) is 11.2. The lowest BCUT2D eigenvalue weighted by Gasteiger charge is -2.13.